The molecule has 1 amide bonds. The second kappa shape index (κ2) is 8.90. The Bertz CT molecular complexity index is 958. The number of amides is 1. The van der Waals surface area contributed by atoms with E-state index >= 15 is 0 Å². The van der Waals surface area contributed by atoms with Gasteiger partial charge in [0.2, 0.25) is 0 Å². The van der Waals surface area contributed by atoms with E-state index in [2.05, 4.69) is 18.9 Å². The fourth-order valence-electron chi connectivity index (χ4n) is 3.47. The topological polar surface area (TPSA) is 77.0 Å². The molecule has 1 aliphatic rings. The van der Waals surface area contributed by atoms with Gasteiger partial charge in [-0.1, -0.05) is 30.3 Å². The predicted molar refractivity (Wildman–Crippen MR) is 116 cm³/mol. The SMILES string of the molecule is CC(C)n1ncc2c(C(=O)N3CC[C@@H](N)C3)cc(-c3ccccc3)nc21.Cl.Cl. The molecule has 3 heterocycles. The lowest BCUT2D eigenvalue weighted by atomic mass is 10.1. The van der Waals surface area contributed by atoms with E-state index in [0.717, 1.165) is 28.7 Å². The van der Waals surface area contributed by atoms with Crippen molar-refractivity contribution in [3.05, 3.63) is 48.2 Å². The Labute approximate surface area is 176 Å². The summed E-state index contributed by atoms with van der Waals surface area (Å²) in [6.45, 7) is 5.42. The van der Waals surface area contributed by atoms with Gasteiger partial charge in [0, 0.05) is 30.7 Å². The molecule has 4 rings (SSSR count). The summed E-state index contributed by atoms with van der Waals surface area (Å²) < 4.78 is 1.87. The van der Waals surface area contributed by atoms with E-state index in [-0.39, 0.29) is 42.8 Å². The highest BCUT2D eigenvalue weighted by Crippen LogP contribution is 2.27. The molecule has 1 atom stereocenters. The molecular formula is C20H25Cl2N5O. The van der Waals surface area contributed by atoms with Crippen LogP contribution in [0.15, 0.2) is 42.6 Å². The first kappa shape index (κ1) is 22.1. The van der Waals surface area contributed by atoms with Crippen molar-refractivity contribution in [1.29, 1.82) is 0 Å². The Morgan fingerprint density at radius 1 is 1.21 bits per heavy atom. The molecule has 0 aliphatic carbocycles. The van der Waals surface area contributed by atoms with Crippen LogP contribution in [-0.2, 0) is 0 Å². The average molecular weight is 422 g/mol. The number of carbonyl (C=O) groups excluding carboxylic acids is 1. The molecule has 3 aromatic rings. The van der Waals surface area contributed by atoms with Crippen molar-refractivity contribution in [2.45, 2.75) is 32.4 Å². The monoisotopic (exact) mass is 421 g/mol. The van der Waals surface area contributed by atoms with Gasteiger partial charge in [-0.05, 0) is 26.3 Å². The van der Waals surface area contributed by atoms with E-state index < -0.39 is 0 Å². The van der Waals surface area contributed by atoms with Crippen LogP contribution in [0.2, 0.25) is 0 Å². The normalized spacial score (nSPS) is 16.1. The van der Waals surface area contributed by atoms with Crippen molar-refractivity contribution in [1.82, 2.24) is 19.7 Å². The summed E-state index contributed by atoms with van der Waals surface area (Å²) in [7, 11) is 0. The van der Waals surface area contributed by atoms with Crippen LogP contribution in [0.4, 0.5) is 0 Å². The highest BCUT2D eigenvalue weighted by molar-refractivity contribution is 6.06. The fraction of sp³-hybridized carbons (Fsp3) is 0.350. The van der Waals surface area contributed by atoms with Crippen LogP contribution in [0.5, 0.6) is 0 Å². The summed E-state index contributed by atoms with van der Waals surface area (Å²) in [5, 5.41) is 5.27. The van der Waals surface area contributed by atoms with Crippen LogP contribution in [0.1, 0.15) is 36.7 Å². The first-order valence-electron chi connectivity index (χ1n) is 9.03. The van der Waals surface area contributed by atoms with Gasteiger partial charge < -0.3 is 10.6 Å². The van der Waals surface area contributed by atoms with E-state index in [1.54, 1.807) is 6.20 Å². The number of pyridine rings is 1. The van der Waals surface area contributed by atoms with Gasteiger partial charge in [-0.25, -0.2) is 9.67 Å². The Morgan fingerprint density at radius 3 is 2.54 bits per heavy atom. The molecule has 150 valence electrons. The standard InChI is InChI=1S/C20H23N5O.2ClH/c1-13(2)25-19-17(11-22-25)16(20(26)24-9-8-15(21)12-24)10-18(23-19)14-6-4-3-5-7-14;;/h3-7,10-11,13,15H,8-9,12,21H2,1-2H3;2*1H/t15-;;/m1../s1. The number of hydrogen-bond acceptors (Lipinski definition) is 4. The molecule has 1 saturated heterocycles. The first-order valence-corrected chi connectivity index (χ1v) is 9.03. The molecule has 1 aliphatic heterocycles. The van der Waals surface area contributed by atoms with Crippen molar-refractivity contribution in [2.75, 3.05) is 13.1 Å². The highest BCUT2D eigenvalue weighted by Gasteiger charge is 2.27. The van der Waals surface area contributed by atoms with Crippen molar-refractivity contribution in [3.63, 3.8) is 0 Å². The van der Waals surface area contributed by atoms with Crippen LogP contribution >= 0.6 is 24.8 Å². The van der Waals surface area contributed by atoms with Gasteiger partial charge in [0.05, 0.1) is 22.8 Å². The van der Waals surface area contributed by atoms with Crippen LogP contribution in [0.3, 0.4) is 0 Å². The lowest BCUT2D eigenvalue weighted by Crippen LogP contribution is -2.32. The maximum atomic E-state index is 13.2. The lowest BCUT2D eigenvalue weighted by molar-refractivity contribution is 0.0793. The number of halogens is 2. The van der Waals surface area contributed by atoms with Crippen LogP contribution in [0, 0.1) is 0 Å². The van der Waals surface area contributed by atoms with Gasteiger partial charge in [0.15, 0.2) is 5.65 Å². The number of nitrogens with zero attached hydrogens (tertiary/aromatic N) is 4. The number of fused-ring (bicyclic) bond motifs is 1. The molecule has 2 N–H and O–H groups in total. The van der Waals surface area contributed by atoms with Crippen LogP contribution in [-0.4, -0.2) is 44.7 Å². The average Bonchev–Trinajstić information content (AvgIpc) is 3.27. The van der Waals surface area contributed by atoms with E-state index in [1.807, 2.05) is 46.0 Å². The molecule has 8 heteroatoms. The maximum Gasteiger partial charge on any atom is 0.254 e. The third kappa shape index (κ3) is 3.99. The summed E-state index contributed by atoms with van der Waals surface area (Å²) in [5.74, 6) is 0.00540. The van der Waals surface area contributed by atoms with Crippen molar-refractivity contribution >= 4 is 41.8 Å². The second-order valence-electron chi connectivity index (χ2n) is 7.14. The number of carbonyl (C=O) groups is 1. The molecule has 0 bridgehead atoms. The van der Waals surface area contributed by atoms with E-state index in [0.29, 0.717) is 18.7 Å². The molecule has 0 radical (unpaired) electrons. The van der Waals surface area contributed by atoms with E-state index in [1.165, 1.54) is 0 Å². The van der Waals surface area contributed by atoms with Gasteiger partial charge in [0.1, 0.15) is 0 Å². The molecule has 1 aromatic carbocycles. The molecule has 0 spiro atoms. The predicted octanol–water partition coefficient (Wildman–Crippen LogP) is 3.70. The molecular weight excluding hydrogens is 397 g/mol. The van der Waals surface area contributed by atoms with Crippen molar-refractivity contribution in [3.8, 4) is 11.3 Å². The number of nitrogens with two attached hydrogens (primary N) is 1. The number of benzene rings is 1. The highest BCUT2D eigenvalue weighted by atomic mass is 35.5. The summed E-state index contributed by atoms with van der Waals surface area (Å²) in [4.78, 5) is 19.8. The third-order valence-electron chi connectivity index (χ3n) is 4.87. The maximum absolute atomic E-state index is 13.2. The van der Waals surface area contributed by atoms with Gasteiger partial charge >= 0.3 is 0 Å². The number of rotatable bonds is 3. The minimum Gasteiger partial charge on any atom is -0.337 e. The number of hydrogen-bond donors (Lipinski definition) is 1. The van der Waals surface area contributed by atoms with Gasteiger partial charge in [0.25, 0.3) is 5.91 Å². The van der Waals surface area contributed by atoms with Crippen LogP contribution < -0.4 is 5.73 Å². The number of aromatic nitrogens is 3. The molecule has 0 unspecified atom stereocenters. The summed E-state index contributed by atoms with van der Waals surface area (Å²) in [6.07, 6.45) is 2.59. The largest absolute Gasteiger partial charge is 0.337 e. The quantitative estimate of drug-likeness (QED) is 0.699. The zero-order valence-electron chi connectivity index (χ0n) is 15.9. The molecule has 28 heavy (non-hydrogen) atoms. The Hall–Kier alpha value is -2.15. The van der Waals surface area contributed by atoms with Crippen molar-refractivity contribution in [2.24, 2.45) is 5.73 Å². The minimum atomic E-state index is 0. The summed E-state index contributed by atoms with van der Waals surface area (Å²) in [5.41, 5.74) is 9.16. The molecule has 1 fully saturated rings. The minimum absolute atomic E-state index is 0. The summed E-state index contributed by atoms with van der Waals surface area (Å²) >= 11 is 0. The van der Waals surface area contributed by atoms with Gasteiger partial charge in [-0.3, -0.25) is 4.79 Å². The summed E-state index contributed by atoms with van der Waals surface area (Å²) in [6, 6.07) is 12.0. The third-order valence-corrected chi connectivity index (χ3v) is 4.87. The Morgan fingerprint density at radius 2 is 1.93 bits per heavy atom. The van der Waals surface area contributed by atoms with Gasteiger partial charge in [-0.2, -0.15) is 5.10 Å². The first-order chi connectivity index (χ1) is 12.5. The van der Waals surface area contributed by atoms with Crippen LogP contribution in [0.25, 0.3) is 22.3 Å². The lowest BCUT2D eigenvalue weighted by Gasteiger charge is -2.17. The zero-order chi connectivity index (χ0) is 18.3. The molecule has 2 aromatic heterocycles. The molecule has 0 saturated carbocycles. The fourth-order valence-corrected chi connectivity index (χ4v) is 3.47. The Kier molecular flexibility index (Phi) is 7.04. The van der Waals surface area contributed by atoms with E-state index in [9.17, 15) is 4.79 Å². The second-order valence-corrected chi connectivity index (χ2v) is 7.14. The van der Waals surface area contributed by atoms with E-state index in [4.69, 9.17) is 10.7 Å². The van der Waals surface area contributed by atoms with Crippen molar-refractivity contribution < 1.29 is 4.79 Å². The number of likely N-dealkylation sites (tertiary alicyclic amines) is 1. The van der Waals surface area contributed by atoms with Gasteiger partial charge in [-0.15, -0.1) is 24.8 Å². The smallest absolute Gasteiger partial charge is 0.254 e. The zero-order valence-corrected chi connectivity index (χ0v) is 17.5. The molecule has 6 nitrogen and oxygen atoms in total. The Balaban J connectivity index is 0.00000140.